The third kappa shape index (κ3) is 2.69. The largest absolute Gasteiger partial charge is 0.396 e. The smallest absolute Gasteiger partial charge is 0.240 e. The summed E-state index contributed by atoms with van der Waals surface area (Å²) >= 11 is 0. The second-order valence-electron chi connectivity index (χ2n) is 4.39. The van der Waals surface area contributed by atoms with E-state index in [1.807, 2.05) is 0 Å². The molecular formula is C11H18N2O2. The summed E-state index contributed by atoms with van der Waals surface area (Å²) in [6.07, 6.45) is 2.81. The van der Waals surface area contributed by atoms with Gasteiger partial charge in [0.15, 0.2) is 0 Å². The van der Waals surface area contributed by atoms with E-state index in [0.29, 0.717) is 31.7 Å². The summed E-state index contributed by atoms with van der Waals surface area (Å²) in [6, 6.07) is 2.12. The number of nitrogens with zero attached hydrogens (tertiary/aromatic N) is 1. The van der Waals surface area contributed by atoms with Crippen LogP contribution in [0.15, 0.2) is 0 Å². The minimum Gasteiger partial charge on any atom is -0.396 e. The van der Waals surface area contributed by atoms with E-state index < -0.39 is 5.41 Å². The Balaban J connectivity index is 2.30. The van der Waals surface area contributed by atoms with E-state index in [2.05, 4.69) is 18.3 Å². The van der Waals surface area contributed by atoms with E-state index in [-0.39, 0.29) is 12.5 Å². The van der Waals surface area contributed by atoms with Crippen LogP contribution in [0, 0.1) is 22.7 Å². The molecule has 1 rings (SSSR count). The number of amides is 1. The molecule has 0 aromatic rings. The number of hydrogen-bond acceptors (Lipinski definition) is 3. The van der Waals surface area contributed by atoms with Crippen molar-refractivity contribution in [3.8, 4) is 6.07 Å². The minimum atomic E-state index is -0.765. The quantitative estimate of drug-likeness (QED) is 0.660. The number of carbonyl (C=O) groups is 1. The summed E-state index contributed by atoms with van der Waals surface area (Å²) in [6.45, 7) is 2.75. The average molecular weight is 210 g/mol. The Kier molecular flexibility index (Phi) is 4.10. The van der Waals surface area contributed by atoms with Crippen LogP contribution in [0.3, 0.4) is 0 Å². The van der Waals surface area contributed by atoms with Crippen molar-refractivity contribution >= 4 is 5.91 Å². The zero-order valence-electron chi connectivity index (χ0n) is 9.12. The Morgan fingerprint density at radius 1 is 1.60 bits per heavy atom. The number of carbonyl (C=O) groups excluding carboxylic acids is 1. The van der Waals surface area contributed by atoms with Gasteiger partial charge in [-0.25, -0.2) is 0 Å². The van der Waals surface area contributed by atoms with Gasteiger partial charge in [0, 0.05) is 13.2 Å². The highest BCUT2D eigenvalue weighted by Gasteiger charge is 2.48. The van der Waals surface area contributed by atoms with Crippen LogP contribution in [-0.2, 0) is 4.79 Å². The fourth-order valence-corrected chi connectivity index (χ4v) is 2.07. The van der Waals surface area contributed by atoms with Gasteiger partial charge in [0.2, 0.25) is 5.91 Å². The van der Waals surface area contributed by atoms with Crippen LogP contribution in [0.25, 0.3) is 0 Å². The standard InChI is InChI=1S/C11H18N2O2/c1-9-6-11(7-9,8-12)10(15)13-4-2-3-5-14/h9,14H,2-7H2,1H3,(H,13,15). The van der Waals surface area contributed by atoms with E-state index in [1.165, 1.54) is 0 Å². The lowest BCUT2D eigenvalue weighted by Crippen LogP contribution is -2.48. The van der Waals surface area contributed by atoms with Gasteiger partial charge in [0.05, 0.1) is 6.07 Å². The van der Waals surface area contributed by atoms with E-state index in [1.54, 1.807) is 0 Å². The lowest BCUT2D eigenvalue weighted by Gasteiger charge is -2.39. The molecule has 1 fully saturated rings. The number of aliphatic hydroxyl groups is 1. The van der Waals surface area contributed by atoms with Gasteiger partial charge in [-0.1, -0.05) is 6.92 Å². The van der Waals surface area contributed by atoms with E-state index in [4.69, 9.17) is 10.4 Å². The summed E-state index contributed by atoms with van der Waals surface area (Å²) in [7, 11) is 0. The Labute approximate surface area is 90.3 Å². The summed E-state index contributed by atoms with van der Waals surface area (Å²) in [4.78, 5) is 11.7. The Bertz CT molecular complexity index is 264. The van der Waals surface area contributed by atoms with Crippen LogP contribution in [0.4, 0.5) is 0 Å². The number of hydrogen-bond donors (Lipinski definition) is 2. The molecule has 0 radical (unpaired) electrons. The van der Waals surface area contributed by atoms with Gasteiger partial charge < -0.3 is 10.4 Å². The number of nitriles is 1. The van der Waals surface area contributed by atoms with Gasteiger partial charge >= 0.3 is 0 Å². The van der Waals surface area contributed by atoms with Gasteiger partial charge in [-0.3, -0.25) is 4.79 Å². The Morgan fingerprint density at radius 2 is 2.27 bits per heavy atom. The van der Waals surface area contributed by atoms with Crippen molar-refractivity contribution in [1.29, 1.82) is 5.26 Å². The van der Waals surface area contributed by atoms with Crippen molar-refractivity contribution in [1.82, 2.24) is 5.32 Å². The average Bonchev–Trinajstić information content (AvgIpc) is 2.19. The molecule has 0 spiro atoms. The Morgan fingerprint density at radius 3 is 2.73 bits per heavy atom. The maximum atomic E-state index is 11.7. The highest BCUT2D eigenvalue weighted by atomic mass is 16.2. The molecule has 4 heteroatoms. The van der Waals surface area contributed by atoms with Gasteiger partial charge in [-0.15, -0.1) is 0 Å². The summed E-state index contributed by atoms with van der Waals surface area (Å²) < 4.78 is 0. The summed E-state index contributed by atoms with van der Waals surface area (Å²) in [5, 5.41) is 20.3. The zero-order valence-corrected chi connectivity index (χ0v) is 9.12. The molecule has 0 aromatic heterocycles. The van der Waals surface area contributed by atoms with Crippen LogP contribution in [0.1, 0.15) is 32.6 Å². The molecular weight excluding hydrogens is 192 g/mol. The normalized spacial score (nSPS) is 29.0. The minimum absolute atomic E-state index is 0.138. The third-order valence-corrected chi connectivity index (χ3v) is 2.91. The lowest BCUT2D eigenvalue weighted by atomic mass is 9.63. The highest BCUT2D eigenvalue weighted by molar-refractivity contribution is 5.86. The fraction of sp³-hybridized carbons (Fsp3) is 0.818. The number of rotatable bonds is 5. The lowest BCUT2D eigenvalue weighted by molar-refractivity contribution is -0.133. The van der Waals surface area contributed by atoms with E-state index >= 15 is 0 Å². The maximum Gasteiger partial charge on any atom is 0.240 e. The first-order chi connectivity index (χ1) is 7.14. The molecule has 4 nitrogen and oxygen atoms in total. The van der Waals surface area contributed by atoms with Crippen molar-refractivity contribution in [2.75, 3.05) is 13.2 Å². The number of aliphatic hydroxyl groups excluding tert-OH is 1. The van der Waals surface area contributed by atoms with Crippen LogP contribution in [-0.4, -0.2) is 24.2 Å². The first kappa shape index (κ1) is 12.0. The molecule has 0 unspecified atom stereocenters. The monoisotopic (exact) mass is 210 g/mol. The molecule has 1 amide bonds. The molecule has 1 aliphatic carbocycles. The van der Waals surface area contributed by atoms with Gasteiger partial charge in [0.1, 0.15) is 5.41 Å². The molecule has 1 aliphatic rings. The van der Waals surface area contributed by atoms with Crippen molar-refractivity contribution in [2.24, 2.45) is 11.3 Å². The van der Waals surface area contributed by atoms with Gasteiger partial charge in [-0.05, 0) is 31.6 Å². The summed E-state index contributed by atoms with van der Waals surface area (Å²) in [5.74, 6) is 0.342. The fourth-order valence-electron chi connectivity index (χ4n) is 2.07. The maximum absolute atomic E-state index is 11.7. The molecule has 1 saturated carbocycles. The van der Waals surface area contributed by atoms with Crippen molar-refractivity contribution < 1.29 is 9.90 Å². The molecule has 0 saturated heterocycles. The highest BCUT2D eigenvalue weighted by Crippen LogP contribution is 2.44. The first-order valence-electron chi connectivity index (χ1n) is 5.45. The van der Waals surface area contributed by atoms with E-state index in [9.17, 15) is 4.79 Å². The van der Waals surface area contributed by atoms with E-state index in [0.717, 1.165) is 6.42 Å². The van der Waals surface area contributed by atoms with Crippen LogP contribution in [0.5, 0.6) is 0 Å². The molecule has 0 aliphatic heterocycles. The summed E-state index contributed by atoms with van der Waals surface area (Å²) in [5.41, 5.74) is -0.765. The van der Waals surface area contributed by atoms with Gasteiger partial charge in [-0.2, -0.15) is 5.26 Å². The molecule has 15 heavy (non-hydrogen) atoms. The van der Waals surface area contributed by atoms with Crippen LogP contribution < -0.4 is 5.32 Å². The third-order valence-electron chi connectivity index (χ3n) is 2.91. The van der Waals surface area contributed by atoms with Crippen molar-refractivity contribution in [2.45, 2.75) is 32.6 Å². The van der Waals surface area contributed by atoms with Crippen LogP contribution >= 0.6 is 0 Å². The molecule has 0 aromatic carbocycles. The number of nitrogens with one attached hydrogen (secondary N) is 1. The molecule has 0 bridgehead atoms. The first-order valence-corrected chi connectivity index (χ1v) is 5.45. The van der Waals surface area contributed by atoms with Crippen LogP contribution in [0.2, 0.25) is 0 Å². The number of unbranched alkanes of at least 4 members (excludes halogenated alkanes) is 1. The zero-order chi connectivity index (χ0) is 11.3. The second kappa shape index (κ2) is 5.13. The Hall–Kier alpha value is -1.08. The predicted molar refractivity (Wildman–Crippen MR) is 55.8 cm³/mol. The molecule has 0 atom stereocenters. The molecule has 2 N–H and O–H groups in total. The molecule has 84 valence electrons. The predicted octanol–water partition coefficient (Wildman–Crippen LogP) is 0.815. The van der Waals surface area contributed by atoms with Gasteiger partial charge in [0.25, 0.3) is 0 Å². The topological polar surface area (TPSA) is 73.1 Å². The second-order valence-corrected chi connectivity index (χ2v) is 4.39. The SMILES string of the molecule is CC1CC(C#N)(C(=O)NCCCCO)C1. The van der Waals surface area contributed by atoms with Crippen molar-refractivity contribution in [3.63, 3.8) is 0 Å². The molecule has 0 heterocycles. The van der Waals surface area contributed by atoms with Crippen molar-refractivity contribution in [3.05, 3.63) is 0 Å².